The van der Waals surface area contributed by atoms with E-state index in [2.05, 4.69) is 10.3 Å². The molecule has 0 saturated carbocycles. The molecule has 0 aliphatic heterocycles. The minimum atomic E-state index is -0.741. The van der Waals surface area contributed by atoms with Gasteiger partial charge in [-0.3, -0.25) is 0 Å². The molecule has 106 valence electrons. The summed E-state index contributed by atoms with van der Waals surface area (Å²) in [5, 5.41) is 18.5. The van der Waals surface area contributed by atoms with Gasteiger partial charge < -0.3 is 5.11 Å². The van der Waals surface area contributed by atoms with Crippen molar-refractivity contribution in [2.75, 3.05) is 0 Å². The Morgan fingerprint density at radius 2 is 1.76 bits per heavy atom. The first-order valence-corrected chi connectivity index (χ1v) is 6.91. The van der Waals surface area contributed by atoms with Crippen LogP contribution >= 0.6 is 0 Å². The highest BCUT2D eigenvalue weighted by molar-refractivity contribution is 5.27. The normalized spacial score (nSPS) is 12.3. The van der Waals surface area contributed by atoms with Crippen molar-refractivity contribution in [3.63, 3.8) is 0 Å². The second kappa shape index (κ2) is 5.89. The third kappa shape index (κ3) is 3.17. The van der Waals surface area contributed by atoms with Gasteiger partial charge in [0.1, 0.15) is 11.8 Å². The van der Waals surface area contributed by atoms with Crippen LogP contribution in [0.25, 0.3) is 0 Å². The van der Waals surface area contributed by atoms with Crippen molar-refractivity contribution in [1.29, 1.82) is 0 Å². The highest BCUT2D eigenvalue weighted by Crippen LogP contribution is 2.20. The van der Waals surface area contributed by atoms with Crippen molar-refractivity contribution < 1.29 is 5.11 Å². The minimum absolute atomic E-state index is 0.565. The van der Waals surface area contributed by atoms with Crippen LogP contribution in [0.2, 0.25) is 0 Å². The second-order valence-electron chi connectivity index (χ2n) is 5.14. The molecular formula is C17H17N3O. The molecule has 1 N–H and O–H groups in total. The highest BCUT2D eigenvalue weighted by Gasteiger charge is 2.14. The van der Waals surface area contributed by atoms with Gasteiger partial charge in [0.05, 0.1) is 12.7 Å². The minimum Gasteiger partial charge on any atom is -0.382 e. The Labute approximate surface area is 123 Å². The molecule has 3 rings (SSSR count). The summed E-state index contributed by atoms with van der Waals surface area (Å²) in [6.45, 7) is 2.67. The molecule has 4 heteroatoms. The van der Waals surface area contributed by atoms with Crippen LogP contribution < -0.4 is 0 Å². The Bertz CT molecular complexity index is 704. The first-order valence-electron chi connectivity index (χ1n) is 6.91. The predicted octanol–water partition coefficient (Wildman–Crippen LogP) is 2.72. The molecule has 0 bridgehead atoms. The molecule has 0 radical (unpaired) electrons. The average Bonchev–Trinajstić information content (AvgIpc) is 2.97. The molecule has 0 aliphatic rings. The van der Waals surface area contributed by atoms with Crippen molar-refractivity contribution in [3.05, 3.63) is 83.2 Å². The summed E-state index contributed by atoms with van der Waals surface area (Å²) in [5.41, 5.74) is 3.71. The Morgan fingerprint density at radius 1 is 1.05 bits per heavy atom. The van der Waals surface area contributed by atoms with Gasteiger partial charge in [-0.2, -0.15) is 0 Å². The van der Waals surface area contributed by atoms with Gasteiger partial charge in [-0.15, -0.1) is 5.10 Å². The van der Waals surface area contributed by atoms with Gasteiger partial charge >= 0.3 is 0 Å². The molecule has 0 amide bonds. The number of aromatic nitrogens is 3. The number of hydrogen-bond donors (Lipinski definition) is 1. The van der Waals surface area contributed by atoms with E-state index < -0.39 is 6.10 Å². The van der Waals surface area contributed by atoms with Gasteiger partial charge in [0.2, 0.25) is 0 Å². The molecule has 1 aromatic heterocycles. The molecule has 0 fully saturated rings. The zero-order valence-corrected chi connectivity index (χ0v) is 11.8. The van der Waals surface area contributed by atoms with Crippen LogP contribution in [0.5, 0.6) is 0 Å². The lowest BCUT2D eigenvalue weighted by Gasteiger charge is -2.07. The van der Waals surface area contributed by atoms with Crippen LogP contribution in [-0.4, -0.2) is 20.1 Å². The van der Waals surface area contributed by atoms with Gasteiger partial charge in [0, 0.05) is 0 Å². The number of aryl methyl sites for hydroxylation is 1. The van der Waals surface area contributed by atoms with Crippen LogP contribution in [0, 0.1) is 6.92 Å². The van der Waals surface area contributed by atoms with E-state index in [-0.39, 0.29) is 0 Å². The molecular weight excluding hydrogens is 262 g/mol. The molecule has 1 atom stereocenters. The molecule has 0 aliphatic carbocycles. The maximum atomic E-state index is 10.3. The summed E-state index contributed by atoms with van der Waals surface area (Å²) in [7, 11) is 0. The van der Waals surface area contributed by atoms with Crippen molar-refractivity contribution in [2.45, 2.75) is 19.6 Å². The third-order valence-electron chi connectivity index (χ3n) is 3.42. The largest absolute Gasteiger partial charge is 0.382 e. The van der Waals surface area contributed by atoms with E-state index in [9.17, 15) is 5.11 Å². The smallest absolute Gasteiger partial charge is 0.124 e. The lowest BCUT2D eigenvalue weighted by Crippen LogP contribution is -2.01. The summed E-state index contributed by atoms with van der Waals surface area (Å²) < 4.78 is 1.74. The number of aliphatic hydroxyl groups is 1. The topological polar surface area (TPSA) is 50.9 Å². The fourth-order valence-electron chi connectivity index (χ4n) is 2.21. The van der Waals surface area contributed by atoms with Crippen molar-refractivity contribution in [1.82, 2.24) is 15.0 Å². The zero-order chi connectivity index (χ0) is 14.7. The summed E-state index contributed by atoms with van der Waals surface area (Å²) in [6, 6.07) is 17.8. The van der Waals surface area contributed by atoms with Gasteiger partial charge in [0.15, 0.2) is 0 Å². The number of rotatable bonds is 4. The van der Waals surface area contributed by atoms with Gasteiger partial charge in [-0.25, -0.2) is 4.68 Å². The van der Waals surface area contributed by atoms with E-state index in [1.54, 1.807) is 10.9 Å². The first-order chi connectivity index (χ1) is 10.2. The molecule has 2 aromatic carbocycles. The van der Waals surface area contributed by atoms with E-state index >= 15 is 0 Å². The van der Waals surface area contributed by atoms with Crippen molar-refractivity contribution >= 4 is 0 Å². The Hall–Kier alpha value is -2.46. The third-order valence-corrected chi connectivity index (χ3v) is 3.42. The first kappa shape index (κ1) is 13.5. The zero-order valence-electron chi connectivity index (χ0n) is 11.8. The second-order valence-corrected chi connectivity index (χ2v) is 5.14. The molecule has 3 aromatic rings. The predicted molar refractivity (Wildman–Crippen MR) is 80.8 cm³/mol. The van der Waals surface area contributed by atoms with Crippen LogP contribution in [0.15, 0.2) is 60.8 Å². The van der Waals surface area contributed by atoms with E-state index in [0.29, 0.717) is 12.2 Å². The summed E-state index contributed by atoms with van der Waals surface area (Å²) in [6.07, 6.45) is 1.05. The standard InChI is InChI=1S/C17H17N3O/c1-13-7-9-15(10-8-13)17(21)16-12-20(19-18-16)11-14-5-3-2-4-6-14/h2-10,12,17,21H,11H2,1H3. The Balaban J connectivity index is 1.76. The molecule has 21 heavy (non-hydrogen) atoms. The van der Waals surface area contributed by atoms with Crippen molar-refractivity contribution in [2.24, 2.45) is 0 Å². The summed E-state index contributed by atoms with van der Waals surface area (Å²) in [4.78, 5) is 0. The maximum absolute atomic E-state index is 10.3. The van der Waals surface area contributed by atoms with Crippen LogP contribution in [0.4, 0.5) is 0 Å². The fraction of sp³-hybridized carbons (Fsp3) is 0.176. The van der Waals surface area contributed by atoms with Crippen LogP contribution in [0.1, 0.15) is 28.5 Å². The molecule has 4 nitrogen and oxygen atoms in total. The SMILES string of the molecule is Cc1ccc(C(O)c2cn(Cc3ccccc3)nn2)cc1. The Morgan fingerprint density at radius 3 is 2.48 bits per heavy atom. The molecule has 0 spiro atoms. The van der Waals surface area contributed by atoms with Gasteiger partial charge in [0.25, 0.3) is 0 Å². The summed E-state index contributed by atoms with van der Waals surface area (Å²) >= 11 is 0. The maximum Gasteiger partial charge on any atom is 0.124 e. The monoisotopic (exact) mass is 279 g/mol. The van der Waals surface area contributed by atoms with E-state index in [4.69, 9.17) is 0 Å². The highest BCUT2D eigenvalue weighted by atomic mass is 16.3. The quantitative estimate of drug-likeness (QED) is 0.799. The van der Waals surface area contributed by atoms with Gasteiger partial charge in [-0.1, -0.05) is 65.4 Å². The van der Waals surface area contributed by atoms with Crippen LogP contribution in [0.3, 0.4) is 0 Å². The fourth-order valence-corrected chi connectivity index (χ4v) is 2.21. The number of aliphatic hydroxyl groups excluding tert-OH is 1. The molecule has 1 unspecified atom stereocenters. The average molecular weight is 279 g/mol. The van der Waals surface area contributed by atoms with E-state index in [1.165, 1.54) is 5.56 Å². The van der Waals surface area contributed by atoms with Crippen LogP contribution in [-0.2, 0) is 6.54 Å². The number of nitrogens with zero attached hydrogens (tertiary/aromatic N) is 3. The lowest BCUT2D eigenvalue weighted by molar-refractivity contribution is 0.215. The van der Waals surface area contributed by atoms with E-state index in [0.717, 1.165) is 11.1 Å². The number of benzene rings is 2. The van der Waals surface area contributed by atoms with E-state index in [1.807, 2.05) is 61.5 Å². The number of hydrogen-bond acceptors (Lipinski definition) is 3. The van der Waals surface area contributed by atoms with Gasteiger partial charge in [-0.05, 0) is 18.1 Å². The summed E-state index contributed by atoms with van der Waals surface area (Å²) in [5.74, 6) is 0. The molecule has 0 saturated heterocycles. The van der Waals surface area contributed by atoms with Crippen molar-refractivity contribution in [3.8, 4) is 0 Å². The lowest BCUT2D eigenvalue weighted by atomic mass is 10.1. The molecule has 1 heterocycles. The Kier molecular flexibility index (Phi) is 3.79.